The van der Waals surface area contributed by atoms with Crippen LogP contribution in [-0.4, -0.2) is 25.3 Å². The second kappa shape index (κ2) is 7.56. The molecule has 0 aromatic rings. The molecule has 0 radical (unpaired) electrons. The number of esters is 1. The van der Waals surface area contributed by atoms with Crippen LogP contribution in [0.4, 0.5) is 0 Å². The van der Waals surface area contributed by atoms with Crippen molar-refractivity contribution in [2.75, 3.05) is 13.2 Å². The zero-order chi connectivity index (χ0) is 11.0. The van der Waals surface area contributed by atoms with Gasteiger partial charge in [-0.1, -0.05) is 6.92 Å². The van der Waals surface area contributed by atoms with E-state index in [0.29, 0.717) is 18.8 Å². The molecule has 14 heavy (non-hydrogen) atoms. The Hall–Kier alpha value is -0.830. The van der Waals surface area contributed by atoms with Crippen molar-refractivity contribution in [2.45, 2.75) is 40.2 Å². The maximum absolute atomic E-state index is 11.2. The molecule has 3 nitrogen and oxygen atoms in total. The third-order valence-electron chi connectivity index (χ3n) is 1.67. The quantitative estimate of drug-likeness (QED) is 0.487. The summed E-state index contributed by atoms with van der Waals surface area (Å²) in [5.74, 6) is -0.264. The van der Waals surface area contributed by atoms with E-state index in [1.54, 1.807) is 19.9 Å². The summed E-state index contributed by atoms with van der Waals surface area (Å²) >= 11 is 0. The number of hydrogen-bond acceptors (Lipinski definition) is 3. The SMILES string of the molecule is CCCOC(C)/C=C(\C)C(=O)OCC. The molecule has 0 aliphatic rings. The Balaban J connectivity index is 4.00. The molecule has 1 unspecified atom stereocenters. The summed E-state index contributed by atoms with van der Waals surface area (Å²) in [7, 11) is 0. The van der Waals surface area contributed by atoms with E-state index in [4.69, 9.17) is 9.47 Å². The predicted octanol–water partition coefficient (Wildman–Crippen LogP) is 2.31. The minimum Gasteiger partial charge on any atom is -0.463 e. The van der Waals surface area contributed by atoms with Crippen LogP contribution < -0.4 is 0 Å². The van der Waals surface area contributed by atoms with Gasteiger partial charge in [-0.3, -0.25) is 0 Å². The van der Waals surface area contributed by atoms with E-state index in [1.807, 2.05) is 6.92 Å². The Morgan fingerprint density at radius 2 is 2.07 bits per heavy atom. The molecule has 3 heteroatoms. The Kier molecular flexibility index (Phi) is 7.11. The molecule has 0 spiro atoms. The minimum atomic E-state index is -0.264. The van der Waals surface area contributed by atoms with Crippen molar-refractivity contribution in [3.8, 4) is 0 Å². The second-order valence-corrected chi connectivity index (χ2v) is 3.15. The molecule has 0 saturated carbocycles. The Labute approximate surface area is 86.1 Å². The maximum atomic E-state index is 11.2. The highest BCUT2D eigenvalue weighted by molar-refractivity contribution is 5.87. The summed E-state index contributed by atoms with van der Waals surface area (Å²) in [5.41, 5.74) is 0.607. The van der Waals surface area contributed by atoms with Crippen LogP contribution in [0, 0.1) is 0 Å². The largest absolute Gasteiger partial charge is 0.463 e. The lowest BCUT2D eigenvalue weighted by molar-refractivity contribution is -0.138. The minimum absolute atomic E-state index is 0.0284. The van der Waals surface area contributed by atoms with E-state index in [9.17, 15) is 4.79 Å². The summed E-state index contributed by atoms with van der Waals surface area (Å²) in [6.45, 7) is 8.63. The van der Waals surface area contributed by atoms with E-state index in [1.165, 1.54) is 0 Å². The maximum Gasteiger partial charge on any atom is 0.333 e. The molecule has 0 N–H and O–H groups in total. The van der Waals surface area contributed by atoms with Crippen LogP contribution in [0.2, 0.25) is 0 Å². The van der Waals surface area contributed by atoms with Gasteiger partial charge in [-0.2, -0.15) is 0 Å². The van der Waals surface area contributed by atoms with Gasteiger partial charge in [-0.05, 0) is 33.3 Å². The second-order valence-electron chi connectivity index (χ2n) is 3.15. The number of ether oxygens (including phenoxy) is 2. The van der Waals surface area contributed by atoms with Crippen LogP contribution in [0.1, 0.15) is 34.1 Å². The highest BCUT2D eigenvalue weighted by Crippen LogP contribution is 2.02. The molecule has 0 fully saturated rings. The summed E-state index contributed by atoms with van der Waals surface area (Å²) in [6.07, 6.45) is 2.74. The average Bonchev–Trinajstić information content (AvgIpc) is 2.15. The van der Waals surface area contributed by atoms with Gasteiger partial charge in [0.2, 0.25) is 0 Å². The van der Waals surface area contributed by atoms with E-state index in [2.05, 4.69) is 6.92 Å². The lowest BCUT2D eigenvalue weighted by Gasteiger charge is -2.09. The fraction of sp³-hybridized carbons (Fsp3) is 0.727. The highest BCUT2D eigenvalue weighted by atomic mass is 16.5. The summed E-state index contributed by atoms with van der Waals surface area (Å²) in [5, 5.41) is 0. The van der Waals surface area contributed by atoms with Crippen LogP contribution >= 0.6 is 0 Å². The molecular formula is C11H20O3. The number of carbonyl (C=O) groups excluding carboxylic acids is 1. The first-order valence-corrected chi connectivity index (χ1v) is 5.08. The van der Waals surface area contributed by atoms with Gasteiger partial charge < -0.3 is 9.47 Å². The fourth-order valence-corrected chi connectivity index (χ4v) is 1.02. The number of hydrogen-bond donors (Lipinski definition) is 0. The molecule has 82 valence electrons. The molecule has 0 aromatic carbocycles. The van der Waals surface area contributed by atoms with Crippen molar-refractivity contribution in [3.63, 3.8) is 0 Å². The van der Waals surface area contributed by atoms with Crippen LogP contribution in [-0.2, 0) is 14.3 Å². The molecule has 0 saturated heterocycles. The first-order chi connectivity index (χ1) is 6.61. The predicted molar refractivity (Wildman–Crippen MR) is 56.1 cm³/mol. The number of rotatable bonds is 6. The van der Waals surface area contributed by atoms with Gasteiger partial charge in [0, 0.05) is 12.2 Å². The third-order valence-corrected chi connectivity index (χ3v) is 1.67. The zero-order valence-corrected chi connectivity index (χ0v) is 9.50. The lowest BCUT2D eigenvalue weighted by atomic mass is 10.2. The van der Waals surface area contributed by atoms with Crippen molar-refractivity contribution in [2.24, 2.45) is 0 Å². The molecule has 0 bridgehead atoms. The normalized spacial score (nSPS) is 13.9. The standard InChI is InChI=1S/C11H20O3/c1-5-7-14-10(4)8-9(3)11(12)13-6-2/h8,10H,5-7H2,1-4H3/b9-8+. The first kappa shape index (κ1) is 13.2. The van der Waals surface area contributed by atoms with Crippen molar-refractivity contribution < 1.29 is 14.3 Å². The molecule has 0 amide bonds. The van der Waals surface area contributed by atoms with Crippen molar-refractivity contribution in [1.82, 2.24) is 0 Å². The van der Waals surface area contributed by atoms with Gasteiger partial charge in [0.15, 0.2) is 0 Å². The van der Waals surface area contributed by atoms with Crippen LogP contribution in [0.25, 0.3) is 0 Å². The molecule has 1 atom stereocenters. The van der Waals surface area contributed by atoms with Gasteiger partial charge in [0.1, 0.15) is 0 Å². The van der Waals surface area contributed by atoms with E-state index in [-0.39, 0.29) is 12.1 Å². The molecule has 0 aliphatic heterocycles. The van der Waals surface area contributed by atoms with Gasteiger partial charge in [-0.25, -0.2) is 4.79 Å². The van der Waals surface area contributed by atoms with Crippen molar-refractivity contribution in [1.29, 1.82) is 0 Å². The van der Waals surface area contributed by atoms with Gasteiger partial charge in [-0.15, -0.1) is 0 Å². The summed E-state index contributed by atoms with van der Waals surface area (Å²) in [6, 6.07) is 0. The Bertz CT molecular complexity index is 197. The Morgan fingerprint density at radius 1 is 1.43 bits per heavy atom. The van der Waals surface area contributed by atoms with E-state index < -0.39 is 0 Å². The molecular weight excluding hydrogens is 180 g/mol. The molecule has 0 aromatic heterocycles. The van der Waals surface area contributed by atoms with Gasteiger partial charge in [0.05, 0.1) is 12.7 Å². The Morgan fingerprint density at radius 3 is 2.57 bits per heavy atom. The van der Waals surface area contributed by atoms with Crippen LogP contribution in [0.3, 0.4) is 0 Å². The van der Waals surface area contributed by atoms with E-state index in [0.717, 1.165) is 6.42 Å². The van der Waals surface area contributed by atoms with Crippen molar-refractivity contribution >= 4 is 5.97 Å². The van der Waals surface area contributed by atoms with Gasteiger partial charge >= 0.3 is 5.97 Å². The smallest absolute Gasteiger partial charge is 0.333 e. The lowest BCUT2D eigenvalue weighted by Crippen LogP contribution is -2.11. The zero-order valence-electron chi connectivity index (χ0n) is 9.50. The highest BCUT2D eigenvalue weighted by Gasteiger charge is 2.06. The third kappa shape index (κ3) is 5.75. The molecule has 0 aliphatic carbocycles. The van der Waals surface area contributed by atoms with Gasteiger partial charge in [0.25, 0.3) is 0 Å². The fourth-order valence-electron chi connectivity index (χ4n) is 1.02. The molecule has 0 rings (SSSR count). The monoisotopic (exact) mass is 200 g/mol. The first-order valence-electron chi connectivity index (χ1n) is 5.08. The van der Waals surface area contributed by atoms with Crippen LogP contribution in [0.5, 0.6) is 0 Å². The summed E-state index contributed by atoms with van der Waals surface area (Å²) < 4.78 is 10.3. The number of carbonyl (C=O) groups is 1. The average molecular weight is 200 g/mol. The summed E-state index contributed by atoms with van der Waals surface area (Å²) in [4.78, 5) is 11.2. The topological polar surface area (TPSA) is 35.5 Å². The molecule has 0 heterocycles. The van der Waals surface area contributed by atoms with Crippen LogP contribution in [0.15, 0.2) is 11.6 Å². The van der Waals surface area contributed by atoms with Crippen molar-refractivity contribution in [3.05, 3.63) is 11.6 Å². The van der Waals surface area contributed by atoms with E-state index >= 15 is 0 Å².